The monoisotopic (exact) mass is 367 g/mol. The molecule has 0 saturated heterocycles. The molecule has 0 aliphatic rings. The Morgan fingerprint density at radius 1 is 1.08 bits per heavy atom. The molecule has 0 radical (unpaired) electrons. The number of nitrogens with zero attached hydrogens (tertiary/aromatic N) is 1. The second-order valence-electron chi connectivity index (χ2n) is 6.73. The standard InChI is InChI=1S/C19H20F3NO3/c1-18(2,3)26-16(24)10-14-9-15(19(20,21)22)17(23-11-14)25-12-13-7-5-4-6-8-13/h4-9,11H,10,12H2,1-3H3. The predicted molar refractivity (Wildman–Crippen MR) is 89.6 cm³/mol. The first-order chi connectivity index (χ1) is 12.0. The van der Waals surface area contributed by atoms with Crippen LogP contribution in [0.4, 0.5) is 13.2 Å². The largest absolute Gasteiger partial charge is 0.472 e. The molecule has 1 aromatic carbocycles. The Morgan fingerprint density at radius 2 is 1.73 bits per heavy atom. The minimum Gasteiger partial charge on any atom is -0.472 e. The molecule has 0 spiro atoms. The van der Waals surface area contributed by atoms with Crippen LogP contribution in [-0.4, -0.2) is 16.6 Å². The first-order valence-electron chi connectivity index (χ1n) is 7.99. The summed E-state index contributed by atoms with van der Waals surface area (Å²) in [7, 11) is 0. The Balaban J connectivity index is 2.18. The summed E-state index contributed by atoms with van der Waals surface area (Å²) in [6.07, 6.45) is -3.76. The molecule has 0 N–H and O–H groups in total. The van der Waals surface area contributed by atoms with Crippen molar-refractivity contribution in [3.63, 3.8) is 0 Å². The summed E-state index contributed by atoms with van der Waals surface area (Å²) in [5.74, 6) is -1.14. The van der Waals surface area contributed by atoms with E-state index in [1.807, 2.05) is 0 Å². The van der Waals surface area contributed by atoms with Crippen LogP contribution in [0.3, 0.4) is 0 Å². The van der Waals surface area contributed by atoms with Gasteiger partial charge in [-0.25, -0.2) is 4.98 Å². The van der Waals surface area contributed by atoms with Crippen LogP contribution in [0.2, 0.25) is 0 Å². The van der Waals surface area contributed by atoms with E-state index in [-0.39, 0.29) is 18.6 Å². The quantitative estimate of drug-likeness (QED) is 0.727. The van der Waals surface area contributed by atoms with Gasteiger partial charge in [0.15, 0.2) is 0 Å². The van der Waals surface area contributed by atoms with E-state index in [1.54, 1.807) is 51.1 Å². The number of aromatic nitrogens is 1. The highest BCUT2D eigenvalue weighted by Crippen LogP contribution is 2.36. The highest BCUT2D eigenvalue weighted by Gasteiger charge is 2.36. The van der Waals surface area contributed by atoms with Crippen molar-refractivity contribution in [3.05, 3.63) is 59.3 Å². The molecule has 2 aromatic rings. The van der Waals surface area contributed by atoms with Crippen LogP contribution >= 0.6 is 0 Å². The molecule has 0 amide bonds. The molecule has 0 atom stereocenters. The lowest BCUT2D eigenvalue weighted by Gasteiger charge is -2.19. The second kappa shape index (κ2) is 7.76. The fourth-order valence-corrected chi connectivity index (χ4v) is 2.18. The molecule has 140 valence electrons. The van der Waals surface area contributed by atoms with E-state index in [1.165, 1.54) is 6.20 Å². The van der Waals surface area contributed by atoms with Crippen molar-refractivity contribution in [2.24, 2.45) is 0 Å². The maximum atomic E-state index is 13.3. The summed E-state index contributed by atoms with van der Waals surface area (Å²) in [5, 5.41) is 0. The van der Waals surface area contributed by atoms with Crippen molar-refractivity contribution < 1.29 is 27.4 Å². The Hall–Kier alpha value is -2.57. The molecule has 0 fully saturated rings. The molecule has 0 aliphatic heterocycles. The summed E-state index contributed by atoms with van der Waals surface area (Å²) >= 11 is 0. The van der Waals surface area contributed by atoms with Crippen LogP contribution in [0.25, 0.3) is 0 Å². The smallest absolute Gasteiger partial charge is 0.421 e. The lowest BCUT2D eigenvalue weighted by Crippen LogP contribution is -2.25. The van der Waals surface area contributed by atoms with E-state index in [4.69, 9.17) is 9.47 Å². The van der Waals surface area contributed by atoms with Gasteiger partial charge in [0, 0.05) is 6.20 Å². The molecule has 0 saturated carbocycles. The number of hydrogen-bond acceptors (Lipinski definition) is 4. The number of rotatable bonds is 5. The average molecular weight is 367 g/mol. The third-order valence-corrected chi connectivity index (χ3v) is 3.20. The summed E-state index contributed by atoms with van der Waals surface area (Å²) < 4.78 is 50.3. The van der Waals surface area contributed by atoms with Crippen LogP contribution in [0.1, 0.15) is 37.5 Å². The Bertz CT molecular complexity index is 753. The number of halogens is 3. The molecule has 2 rings (SSSR count). The summed E-state index contributed by atoms with van der Waals surface area (Å²) in [4.78, 5) is 15.6. The van der Waals surface area contributed by atoms with Crippen molar-refractivity contribution in [2.45, 2.75) is 45.6 Å². The minimum atomic E-state index is -4.65. The number of esters is 1. The molecule has 7 heteroatoms. The van der Waals surface area contributed by atoms with Gasteiger partial charge >= 0.3 is 12.1 Å². The van der Waals surface area contributed by atoms with E-state index < -0.39 is 29.2 Å². The van der Waals surface area contributed by atoms with Gasteiger partial charge in [-0.3, -0.25) is 4.79 Å². The van der Waals surface area contributed by atoms with Crippen molar-refractivity contribution in [2.75, 3.05) is 0 Å². The SMILES string of the molecule is CC(C)(C)OC(=O)Cc1cnc(OCc2ccccc2)c(C(F)(F)F)c1. The fraction of sp³-hybridized carbons (Fsp3) is 0.368. The first kappa shape index (κ1) is 19.8. The minimum absolute atomic E-state index is 0.0394. The van der Waals surface area contributed by atoms with Crippen LogP contribution in [0, 0.1) is 0 Å². The number of carbonyl (C=O) groups excluding carboxylic acids is 1. The number of alkyl halides is 3. The van der Waals surface area contributed by atoms with Crippen molar-refractivity contribution in [1.29, 1.82) is 0 Å². The molecule has 1 heterocycles. The number of carbonyl (C=O) groups is 1. The van der Waals surface area contributed by atoms with Gasteiger partial charge in [0.05, 0.1) is 6.42 Å². The topological polar surface area (TPSA) is 48.4 Å². The number of pyridine rings is 1. The summed E-state index contributed by atoms with van der Waals surface area (Å²) in [6, 6.07) is 9.68. The fourth-order valence-electron chi connectivity index (χ4n) is 2.18. The van der Waals surface area contributed by atoms with Gasteiger partial charge in [-0.2, -0.15) is 13.2 Å². The van der Waals surface area contributed by atoms with Crippen LogP contribution in [0.5, 0.6) is 5.88 Å². The van der Waals surface area contributed by atoms with E-state index >= 15 is 0 Å². The molecule has 0 aliphatic carbocycles. The van der Waals surface area contributed by atoms with Gasteiger partial charge in [0.2, 0.25) is 5.88 Å². The Morgan fingerprint density at radius 3 is 2.31 bits per heavy atom. The average Bonchev–Trinajstić information content (AvgIpc) is 2.52. The molecule has 0 bridgehead atoms. The van der Waals surface area contributed by atoms with Gasteiger partial charge in [0.25, 0.3) is 0 Å². The van der Waals surface area contributed by atoms with Crippen molar-refractivity contribution in [3.8, 4) is 5.88 Å². The lowest BCUT2D eigenvalue weighted by atomic mass is 10.1. The maximum Gasteiger partial charge on any atom is 0.421 e. The third-order valence-electron chi connectivity index (χ3n) is 3.20. The molecular weight excluding hydrogens is 347 g/mol. The summed E-state index contributed by atoms with van der Waals surface area (Å²) in [6.45, 7) is 5.02. The number of hydrogen-bond donors (Lipinski definition) is 0. The highest BCUT2D eigenvalue weighted by atomic mass is 19.4. The maximum absolute atomic E-state index is 13.3. The van der Waals surface area contributed by atoms with Crippen LogP contribution < -0.4 is 4.74 Å². The van der Waals surface area contributed by atoms with Crippen LogP contribution in [-0.2, 0) is 28.7 Å². The van der Waals surface area contributed by atoms with Crippen LogP contribution in [0.15, 0.2) is 42.6 Å². The van der Waals surface area contributed by atoms with E-state index in [9.17, 15) is 18.0 Å². The molecular formula is C19H20F3NO3. The zero-order valence-electron chi connectivity index (χ0n) is 14.8. The first-order valence-corrected chi connectivity index (χ1v) is 7.99. The normalized spacial score (nSPS) is 11.9. The zero-order valence-corrected chi connectivity index (χ0v) is 14.8. The van der Waals surface area contributed by atoms with E-state index in [0.717, 1.165) is 11.6 Å². The lowest BCUT2D eigenvalue weighted by molar-refractivity contribution is -0.154. The van der Waals surface area contributed by atoms with Crippen molar-refractivity contribution in [1.82, 2.24) is 4.98 Å². The third kappa shape index (κ3) is 6.06. The Labute approximate surface area is 150 Å². The summed E-state index contributed by atoms with van der Waals surface area (Å²) in [5.41, 5.74) is -0.899. The van der Waals surface area contributed by atoms with E-state index in [0.29, 0.717) is 0 Å². The van der Waals surface area contributed by atoms with Gasteiger partial charge in [0.1, 0.15) is 17.8 Å². The molecule has 26 heavy (non-hydrogen) atoms. The predicted octanol–water partition coefficient (Wildman–Crippen LogP) is 4.56. The number of benzene rings is 1. The van der Waals surface area contributed by atoms with Gasteiger partial charge in [-0.05, 0) is 38.0 Å². The van der Waals surface area contributed by atoms with E-state index in [2.05, 4.69) is 4.98 Å². The number of ether oxygens (including phenoxy) is 2. The molecule has 1 aromatic heterocycles. The molecule has 0 unspecified atom stereocenters. The zero-order chi connectivity index (χ0) is 19.4. The molecule has 4 nitrogen and oxygen atoms in total. The van der Waals surface area contributed by atoms with Gasteiger partial charge < -0.3 is 9.47 Å². The Kier molecular flexibility index (Phi) is 5.90. The van der Waals surface area contributed by atoms with Crippen molar-refractivity contribution >= 4 is 5.97 Å². The second-order valence-corrected chi connectivity index (χ2v) is 6.73. The van der Waals surface area contributed by atoms with Gasteiger partial charge in [-0.1, -0.05) is 30.3 Å². The highest BCUT2D eigenvalue weighted by molar-refractivity contribution is 5.73. The van der Waals surface area contributed by atoms with Gasteiger partial charge in [-0.15, -0.1) is 0 Å².